The number of hydrogen-bond donors (Lipinski definition) is 2. The van der Waals surface area contributed by atoms with E-state index in [1.807, 2.05) is 0 Å². The van der Waals surface area contributed by atoms with Gasteiger partial charge in [0.05, 0.1) is 28.1 Å². The number of amides is 2. The second-order valence-electron chi connectivity index (χ2n) is 7.46. The minimum Gasteiger partial charge on any atom is -0.313 e. The number of nitrogens with zero attached hydrogens (tertiary/aromatic N) is 3. The van der Waals surface area contributed by atoms with E-state index in [2.05, 4.69) is 20.5 Å². The first-order valence-electron chi connectivity index (χ1n) is 9.59. The predicted molar refractivity (Wildman–Crippen MR) is 110 cm³/mol. The van der Waals surface area contributed by atoms with Gasteiger partial charge >= 0.3 is 6.03 Å². The molecule has 30 heavy (non-hydrogen) atoms. The highest BCUT2D eigenvalue weighted by atomic mass is 35.5. The molecular formula is C21H17ClFN5O2. The van der Waals surface area contributed by atoms with Crippen molar-refractivity contribution in [2.75, 3.05) is 5.32 Å². The fourth-order valence-corrected chi connectivity index (χ4v) is 4.62. The zero-order chi connectivity index (χ0) is 20.8. The molecule has 2 amide bonds. The molecule has 5 rings (SSSR count). The van der Waals surface area contributed by atoms with Crippen LogP contribution in [0.5, 0.6) is 0 Å². The van der Waals surface area contributed by atoms with Gasteiger partial charge in [-0.3, -0.25) is 9.78 Å². The van der Waals surface area contributed by atoms with E-state index >= 15 is 0 Å². The van der Waals surface area contributed by atoms with E-state index in [1.54, 1.807) is 35.4 Å². The van der Waals surface area contributed by atoms with E-state index in [0.717, 1.165) is 18.4 Å². The first kappa shape index (κ1) is 18.7. The molecule has 152 valence electrons. The Hall–Kier alpha value is -3.26. The average molecular weight is 426 g/mol. The molecule has 2 N–H and O–H groups in total. The average Bonchev–Trinajstić information content (AvgIpc) is 3.06. The summed E-state index contributed by atoms with van der Waals surface area (Å²) in [5.74, 6) is -0.597. The molecular weight excluding hydrogens is 409 g/mol. The van der Waals surface area contributed by atoms with Crippen molar-refractivity contribution in [3.8, 4) is 11.3 Å². The molecule has 1 aromatic carbocycles. The van der Waals surface area contributed by atoms with Crippen molar-refractivity contribution in [3.63, 3.8) is 0 Å². The number of halogens is 2. The van der Waals surface area contributed by atoms with Crippen LogP contribution >= 0.6 is 11.6 Å². The highest BCUT2D eigenvalue weighted by molar-refractivity contribution is 6.33. The van der Waals surface area contributed by atoms with Gasteiger partial charge in [0.2, 0.25) is 0 Å². The Kier molecular flexibility index (Phi) is 4.51. The van der Waals surface area contributed by atoms with Crippen LogP contribution in [0.25, 0.3) is 11.3 Å². The third kappa shape index (κ3) is 3.13. The standard InChI is InChI=1S/C21H17ClFN5O2/c22-14-10-17(15(23)9-13(14)16-3-1-2-6-24-16)25-21(30)28-12-4-5-18(28)20-11(7-12)8-19(29)26-27-20/h1-3,6,8-10,12,18H,4-5,7H2,(H,25,30)(H,26,29)/t12-,18+/m0/s1. The van der Waals surface area contributed by atoms with Gasteiger partial charge in [-0.05, 0) is 49.1 Å². The second-order valence-corrected chi connectivity index (χ2v) is 7.87. The summed E-state index contributed by atoms with van der Waals surface area (Å²) in [6, 6.07) is 8.77. The lowest BCUT2D eigenvalue weighted by atomic mass is 9.99. The Labute approximate surface area is 175 Å². The maximum absolute atomic E-state index is 14.8. The number of rotatable bonds is 2. The van der Waals surface area contributed by atoms with Gasteiger partial charge in [-0.15, -0.1) is 0 Å². The molecule has 0 spiro atoms. The number of benzene rings is 1. The lowest BCUT2D eigenvalue weighted by Gasteiger charge is -2.35. The number of fused-ring (bicyclic) bond motifs is 4. The van der Waals surface area contributed by atoms with Crippen molar-refractivity contribution in [1.29, 1.82) is 0 Å². The Morgan fingerprint density at radius 1 is 1.27 bits per heavy atom. The molecule has 0 unspecified atom stereocenters. The van der Waals surface area contributed by atoms with Crippen molar-refractivity contribution in [2.45, 2.75) is 31.3 Å². The zero-order valence-electron chi connectivity index (χ0n) is 15.7. The lowest BCUT2D eigenvalue weighted by molar-refractivity contribution is 0.177. The summed E-state index contributed by atoms with van der Waals surface area (Å²) in [7, 11) is 0. The maximum Gasteiger partial charge on any atom is 0.322 e. The summed E-state index contributed by atoms with van der Waals surface area (Å²) in [6.07, 6.45) is 3.69. The maximum atomic E-state index is 14.8. The van der Waals surface area contributed by atoms with Gasteiger partial charge in [0, 0.05) is 23.9 Å². The van der Waals surface area contributed by atoms with Crippen molar-refractivity contribution in [3.05, 3.63) is 75.0 Å². The van der Waals surface area contributed by atoms with Crippen molar-refractivity contribution < 1.29 is 9.18 Å². The summed E-state index contributed by atoms with van der Waals surface area (Å²) in [6.45, 7) is 0. The number of H-pyrrole nitrogens is 1. The summed E-state index contributed by atoms with van der Waals surface area (Å²) in [5.41, 5.74) is 2.31. The minimum absolute atomic E-state index is 0.00399. The minimum atomic E-state index is -0.597. The third-order valence-corrected chi connectivity index (χ3v) is 5.98. The van der Waals surface area contributed by atoms with E-state index in [0.29, 0.717) is 23.4 Å². The number of aromatic amines is 1. The number of nitrogens with one attached hydrogen (secondary N) is 2. The van der Waals surface area contributed by atoms with E-state index in [-0.39, 0.29) is 28.4 Å². The summed E-state index contributed by atoms with van der Waals surface area (Å²) in [5, 5.41) is 9.53. The van der Waals surface area contributed by atoms with Crippen LogP contribution in [0.3, 0.4) is 0 Å². The molecule has 7 nitrogen and oxygen atoms in total. The molecule has 2 aromatic heterocycles. The molecule has 0 saturated carbocycles. The Morgan fingerprint density at radius 3 is 2.93 bits per heavy atom. The number of carbonyl (C=O) groups is 1. The monoisotopic (exact) mass is 425 g/mol. The van der Waals surface area contributed by atoms with Gasteiger partial charge < -0.3 is 10.2 Å². The first-order valence-corrected chi connectivity index (χ1v) is 9.97. The van der Waals surface area contributed by atoms with Crippen molar-refractivity contribution >= 4 is 23.3 Å². The van der Waals surface area contributed by atoms with Crippen molar-refractivity contribution in [1.82, 2.24) is 20.1 Å². The van der Waals surface area contributed by atoms with E-state index in [9.17, 15) is 14.0 Å². The van der Waals surface area contributed by atoms with Gasteiger partial charge in [-0.1, -0.05) is 17.7 Å². The summed E-state index contributed by atoms with van der Waals surface area (Å²) < 4.78 is 14.8. The molecule has 1 saturated heterocycles. The van der Waals surface area contributed by atoms with Gasteiger partial charge in [-0.2, -0.15) is 5.10 Å². The van der Waals surface area contributed by atoms with E-state index in [4.69, 9.17) is 11.6 Å². The van der Waals surface area contributed by atoms with E-state index < -0.39 is 11.8 Å². The number of aromatic nitrogens is 3. The SMILES string of the molecule is O=C(Nc1cc(Cl)c(-c2ccccn2)cc1F)N1[C@H]2CC[C@@H]1c1n[nH]c(=O)cc1C2. The molecule has 2 atom stereocenters. The molecule has 9 heteroatoms. The predicted octanol–water partition coefficient (Wildman–Crippen LogP) is 3.92. The molecule has 0 radical (unpaired) electrons. The van der Waals surface area contributed by atoms with Crippen LogP contribution in [-0.4, -0.2) is 32.2 Å². The fraction of sp³-hybridized carbons (Fsp3) is 0.238. The molecule has 4 heterocycles. The molecule has 2 aliphatic heterocycles. The number of anilines is 1. The zero-order valence-corrected chi connectivity index (χ0v) is 16.5. The number of hydrogen-bond acceptors (Lipinski definition) is 4. The summed E-state index contributed by atoms with van der Waals surface area (Å²) >= 11 is 6.34. The van der Waals surface area contributed by atoms with Crippen LogP contribution in [0.15, 0.2) is 47.4 Å². The first-order chi connectivity index (χ1) is 14.5. The highest BCUT2D eigenvalue weighted by Gasteiger charge is 2.44. The van der Waals surface area contributed by atoms with Crippen LogP contribution in [0.2, 0.25) is 5.02 Å². The smallest absolute Gasteiger partial charge is 0.313 e. The molecule has 3 aromatic rings. The second kappa shape index (κ2) is 7.21. The number of carbonyl (C=O) groups excluding carboxylic acids is 1. The summed E-state index contributed by atoms with van der Waals surface area (Å²) in [4.78, 5) is 30.5. The topological polar surface area (TPSA) is 91.0 Å². The quantitative estimate of drug-likeness (QED) is 0.651. The Morgan fingerprint density at radius 2 is 2.13 bits per heavy atom. The number of pyridine rings is 1. The molecule has 1 fully saturated rings. The van der Waals surface area contributed by atoms with Gasteiger partial charge in [0.1, 0.15) is 5.82 Å². The Balaban J connectivity index is 1.42. The van der Waals surface area contributed by atoms with Crippen molar-refractivity contribution in [2.24, 2.45) is 0 Å². The largest absolute Gasteiger partial charge is 0.322 e. The Bertz CT molecular complexity index is 1200. The van der Waals surface area contributed by atoms with Crippen LogP contribution in [0, 0.1) is 5.82 Å². The molecule has 2 aliphatic rings. The van der Waals surface area contributed by atoms with Gasteiger partial charge in [-0.25, -0.2) is 14.3 Å². The van der Waals surface area contributed by atoms with Crippen LogP contribution in [-0.2, 0) is 6.42 Å². The van der Waals surface area contributed by atoms with Crippen LogP contribution < -0.4 is 10.9 Å². The van der Waals surface area contributed by atoms with Crippen LogP contribution in [0.4, 0.5) is 14.9 Å². The number of urea groups is 1. The molecule has 2 bridgehead atoms. The molecule has 0 aliphatic carbocycles. The van der Waals surface area contributed by atoms with Crippen LogP contribution in [0.1, 0.15) is 30.1 Å². The normalized spacial score (nSPS) is 19.5. The highest BCUT2D eigenvalue weighted by Crippen LogP contribution is 2.42. The van der Waals surface area contributed by atoms with Gasteiger partial charge in [0.25, 0.3) is 5.56 Å². The third-order valence-electron chi connectivity index (χ3n) is 5.67. The van der Waals surface area contributed by atoms with E-state index in [1.165, 1.54) is 12.1 Å². The lowest BCUT2D eigenvalue weighted by Crippen LogP contribution is -2.45. The van der Waals surface area contributed by atoms with Gasteiger partial charge in [0.15, 0.2) is 0 Å². The fourth-order valence-electron chi connectivity index (χ4n) is 4.36.